The molecule has 0 bridgehead atoms. The zero-order valence-electron chi connectivity index (χ0n) is 13.7. The van der Waals surface area contributed by atoms with E-state index in [0.29, 0.717) is 23.1 Å². The summed E-state index contributed by atoms with van der Waals surface area (Å²) in [6.45, 7) is 2.77. The third kappa shape index (κ3) is 5.21. The van der Waals surface area contributed by atoms with Crippen molar-refractivity contribution < 1.29 is 13.9 Å². The molecule has 144 valence electrons. The van der Waals surface area contributed by atoms with E-state index in [9.17, 15) is 9.18 Å². The molecule has 1 saturated heterocycles. The van der Waals surface area contributed by atoms with Crippen LogP contribution in [-0.4, -0.2) is 36.5 Å². The molecule has 0 spiro atoms. The summed E-state index contributed by atoms with van der Waals surface area (Å²) in [5, 5.41) is 2.87. The summed E-state index contributed by atoms with van der Waals surface area (Å²) in [5.74, 6) is -1.23. The van der Waals surface area contributed by atoms with Crippen molar-refractivity contribution in [1.82, 2.24) is 4.31 Å². The van der Waals surface area contributed by atoms with Gasteiger partial charge in [-0.05, 0) is 36.2 Å². The van der Waals surface area contributed by atoms with Crippen LogP contribution in [-0.2, 0) is 4.74 Å². The Hall–Kier alpha value is -0.730. The number of benzene rings is 2. The van der Waals surface area contributed by atoms with Crippen LogP contribution in [0.2, 0.25) is 20.1 Å². The maximum Gasteiger partial charge on any atom is 0.257 e. The lowest BCUT2D eigenvalue weighted by molar-refractivity contribution is 0.0773. The van der Waals surface area contributed by atoms with E-state index in [2.05, 4.69) is 9.62 Å². The Bertz CT molecular complexity index is 855. The molecular weight excluding hydrogens is 457 g/mol. The Morgan fingerprint density at radius 3 is 2.26 bits per heavy atom. The second-order valence-corrected chi connectivity index (χ2v) is 8.37. The fourth-order valence-corrected chi connectivity index (χ4v) is 4.36. The van der Waals surface area contributed by atoms with E-state index in [4.69, 9.17) is 51.1 Å². The highest BCUT2D eigenvalue weighted by Crippen LogP contribution is 2.35. The van der Waals surface area contributed by atoms with E-state index >= 15 is 0 Å². The molecule has 0 radical (unpaired) electrons. The summed E-state index contributed by atoms with van der Waals surface area (Å²) >= 11 is 25.4. The van der Waals surface area contributed by atoms with E-state index in [1.807, 2.05) is 0 Å². The lowest BCUT2D eigenvalue weighted by Crippen LogP contribution is -2.30. The van der Waals surface area contributed by atoms with Crippen LogP contribution < -0.4 is 5.32 Å². The van der Waals surface area contributed by atoms with Crippen LogP contribution >= 0.6 is 58.4 Å². The van der Waals surface area contributed by atoms with Crippen molar-refractivity contribution in [1.29, 1.82) is 0 Å². The topological polar surface area (TPSA) is 41.6 Å². The second-order valence-electron chi connectivity index (χ2n) is 5.60. The largest absolute Gasteiger partial charge is 0.379 e. The minimum absolute atomic E-state index is 0.191. The van der Waals surface area contributed by atoms with Gasteiger partial charge in [0.15, 0.2) is 5.82 Å². The van der Waals surface area contributed by atoms with Crippen LogP contribution in [0.4, 0.5) is 10.1 Å². The SMILES string of the molecule is O=C(Nc1cc(Cl)c(F)c(Cl)c1)c1cc(SN2CCOCC2)c(Cl)cc1Cl. The molecule has 10 heteroatoms. The van der Waals surface area contributed by atoms with Crippen molar-refractivity contribution in [3.05, 3.63) is 55.7 Å². The number of carbonyl (C=O) groups is 1. The molecule has 1 N–H and O–H groups in total. The molecule has 0 saturated carbocycles. The number of anilines is 1. The number of hydrogen-bond donors (Lipinski definition) is 1. The average molecular weight is 470 g/mol. The van der Waals surface area contributed by atoms with Gasteiger partial charge in [0.05, 0.1) is 38.9 Å². The van der Waals surface area contributed by atoms with Gasteiger partial charge in [-0.1, -0.05) is 46.4 Å². The molecule has 4 nitrogen and oxygen atoms in total. The number of amides is 1. The van der Waals surface area contributed by atoms with Crippen molar-refractivity contribution in [2.24, 2.45) is 0 Å². The molecule has 0 unspecified atom stereocenters. The third-order valence-electron chi connectivity index (χ3n) is 3.71. The summed E-state index contributed by atoms with van der Waals surface area (Å²) in [4.78, 5) is 13.3. The number of halogens is 5. The quantitative estimate of drug-likeness (QED) is 0.438. The van der Waals surface area contributed by atoms with Gasteiger partial charge in [0.1, 0.15) is 0 Å². The van der Waals surface area contributed by atoms with Crippen molar-refractivity contribution in [2.75, 3.05) is 31.6 Å². The molecule has 1 heterocycles. The Morgan fingerprint density at radius 1 is 1.00 bits per heavy atom. The van der Waals surface area contributed by atoms with Gasteiger partial charge in [-0.25, -0.2) is 8.70 Å². The minimum atomic E-state index is -0.745. The fraction of sp³-hybridized carbons (Fsp3) is 0.235. The molecule has 2 aromatic carbocycles. The first kappa shape index (κ1) is 21.0. The van der Waals surface area contributed by atoms with Crippen molar-refractivity contribution in [2.45, 2.75) is 4.90 Å². The van der Waals surface area contributed by atoms with E-state index in [0.717, 1.165) is 13.1 Å². The monoisotopic (exact) mass is 468 g/mol. The Morgan fingerprint density at radius 2 is 1.63 bits per heavy atom. The summed E-state index contributed by atoms with van der Waals surface area (Å²) in [6.07, 6.45) is 0. The first-order valence-electron chi connectivity index (χ1n) is 7.80. The summed E-state index contributed by atoms with van der Waals surface area (Å²) in [6, 6.07) is 5.68. The van der Waals surface area contributed by atoms with Gasteiger partial charge in [-0.3, -0.25) is 4.79 Å². The Balaban J connectivity index is 1.82. The fourth-order valence-electron chi connectivity index (χ4n) is 2.38. The van der Waals surface area contributed by atoms with E-state index in [-0.39, 0.29) is 26.3 Å². The molecule has 1 amide bonds. The number of morpholine rings is 1. The van der Waals surface area contributed by atoms with Crippen molar-refractivity contribution in [3.63, 3.8) is 0 Å². The zero-order valence-corrected chi connectivity index (χ0v) is 17.5. The number of carbonyl (C=O) groups excluding carboxylic acids is 1. The molecule has 1 aliphatic rings. The maximum absolute atomic E-state index is 13.5. The number of ether oxygens (including phenoxy) is 1. The molecular formula is C17H13Cl4FN2O2S. The number of hydrogen-bond acceptors (Lipinski definition) is 4. The van der Waals surface area contributed by atoms with Crippen LogP contribution in [0.1, 0.15) is 10.4 Å². The molecule has 0 aromatic heterocycles. The normalized spacial score (nSPS) is 15.0. The highest BCUT2D eigenvalue weighted by Gasteiger charge is 2.19. The predicted octanol–water partition coefficient (Wildman–Crippen LogP) is 6.03. The molecule has 1 aliphatic heterocycles. The molecule has 1 fully saturated rings. The first-order valence-corrected chi connectivity index (χ1v) is 10.1. The van der Waals surface area contributed by atoms with Crippen molar-refractivity contribution >= 4 is 69.9 Å². The van der Waals surface area contributed by atoms with Gasteiger partial charge in [0.2, 0.25) is 0 Å². The van der Waals surface area contributed by atoms with Crippen LogP contribution in [0.15, 0.2) is 29.2 Å². The molecule has 27 heavy (non-hydrogen) atoms. The van der Waals surface area contributed by atoms with Crippen LogP contribution in [0.25, 0.3) is 0 Å². The van der Waals surface area contributed by atoms with Crippen molar-refractivity contribution in [3.8, 4) is 0 Å². The van der Waals surface area contributed by atoms with Gasteiger partial charge in [0, 0.05) is 23.7 Å². The van der Waals surface area contributed by atoms with Crippen LogP contribution in [0, 0.1) is 5.82 Å². The van der Waals surface area contributed by atoms with Crippen LogP contribution in [0.5, 0.6) is 0 Å². The maximum atomic E-state index is 13.5. The van der Waals surface area contributed by atoms with E-state index in [1.165, 1.54) is 30.1 Å². The lowest BCUT2D eigenvalue weighted by Gasteiger charge is -2.25. The average Bonchev–Trinajstić information content (AvgIpc) is 2.62. The predicted molar refractivity (Wildman–Crippen MR) is 109 cm³/mol. The Labute approximate surface area is 180 Å². The lowest BCUT2D eigenvalue weighted by atomic mass is 10.2. The van der Waals surface area contributed by atoms with Gasteiger partial charge in [-0.15, -0.1) is 0 Å². The number of nitrogens with zero attached hydrogens (tertiary/aromatic N) is 1. The van der Waals surface area contributed by atoms with Crippen LogP contribution in [0.3, 0.4) is 0 Å². The smallest absolute Gasteiger partial charge is 0.257 e. The molecule has 0 aliphatic carbocycles. The number of rotatable bonds is 4. The molecule has 3 rings (SSSR count). The Kier molecular flexibility index (Phi) is 7.14. The summed E-state index contributed by atoms with van der Waals surface area (Å²) in [5.41, 5.74) is 0.484. The van der Waals surface area contributed by atoms with Gasteiger partial charge >= 0.3 is 0 Å². The van der Waals surface area contributed by atoms with E-state index < -0.39 is 11.7 Å². The first-order chi connectivity index (χ1) is 12.8. The van der Waals surface area contributed by atoms with Gasteiger partial charge in [0.25, 0.3) is 5.91 Å². The summed E-state index contributed by atoms with van der Waals surface area (Å²) < 4.78 is 20.9. The van der Waals surface area contributed by atoms with Gasteiger partial charge < -0.3 is 10.1 Å². The minimum Gasteiger partial charge on any atom is -0.379 e. The third-order valence-corrected chi connectivity index (χ3v) is 6.15. The highest BCUT2D eigenvalue weighted by molar-refractivity contribution is 7.97. The molecule has 0 atom stereocenters. The second kappa shape index (κ2) is 9.18. The standard InChI is InChI=1S/C17H13Cl4FN2O2S/c18-11-8-12(19)15(27-24-1-3-26-4-2-24)7-10(11)17(25)23-9-5-13(20)16(22)14(21)6-9/h5-8H,1-4H2,(H,23,25). The summed E-state index contributed by atoms with van der Waals surface area (Å²) in [7, 11) is 0. The van der Waals surface area contributed by atoms with E-state index in [1.54, 1.807) is 6.07 Å². The highest BCUT2D eigenvalue weighted by atomic mass is 35.5. The zero-order chi connectivity index (χ0) is 19.6. The molecule has 2 aromatic rings. The number of nitrogens with one attached hydrogen (secondary N) is 1. The van der Waals surface area contributed by atoms with Gasteiger partial charge in [-0.2, -0.15) is 0 Å².